The highest BCUT2D eigenvalue weighted by molar-refractivity contribution is 5.47. The lowest BCUT2D eigenvalue weighted by Gasteiger charge is -2.17. The van der Waals surface area contributed by atoms with Gasteiger partial charge in [0.05, 0.1) is 5.56 Å². The number of nitrogens with one attached hydrogen (secondary N) is 2. The van der Waals surface area contributed by atoms with Crippen molar-refractivity contribution in [1.29, 1.82) is 5.26 Å². The van der Waals surface area contributed by atoms with E-state index >= 15 is 0 Å². The van der Waals surface area contributed by atoms with Crippen LogP contribution in [0.2, 0.25) is 0 Å². The monoisotopic (exact) mass is 261 g/mol. The van der Waals surface area contributed by atoms with Crippen molar-refractivity contribution in [3.63, 3.8) is 0 Å². The summed E-state index contributed by atoms with van der Waals surface area (Å²) in [5, 5.41) is 13.5. The quantitative estimate of drug-likeness (QED) is 0.379. The molecular weight excluding hydrogens is 250 g/mol. The van der Waals surface area contributed by atoms with Crippen LogP contribution in [0.15, 0.2) is 18.2 Å². The molecule has 0 radical (unpaired) electrons. The Hall–Kier alpha value is -1.97. The van der Waals surface area contributed by atoms with Crippen LogP contribution in [0, 0.1) is 17.3 Å². The van der Waals surface area contributed by atoms with Crippen molar-refractivity contribution < 1.29 is 17.6 Å². The molecule has 1 aromatic carbocycles. The molecule has 98 valence electrons. The molecule has 7 heteroatoms. The van der Waals surface area contributed by atoms with Crippen LogP contribution in [0.5, 0.6) is 0 Å². The van der Waals surface area contributed by atoms with Gasteiger partial charge in [-0.25, -0.2) is 4.39 Å². The van der Waals surface area contributed by atoms with Crippen LogP contribution in [0.1, 0.15) is 18.9 Å². The zero-order chi connectivity index (χ0) is 13.8. The standard InChI is InChI=1S/C11H11F4N3/c1-2-10(17-6-16)18-7-3-4-9(12)8(5-7)11(13,14)15/h3-5,10,17-18H,2H2,1H3. The van der Waals surface area contributed by atoms with Gasteiger partial charge >= 0.3 is 6.18 Å². The molecule has 0 spiro atoms. The number of anilines is 1. The first-order chi connectivity index (χ1) is 8.38. The van der Waals surface area contributed by atoms with Gasteiger partial charge in [-0.3, -0.25) is 0 Å². The molecule has 0 fully saturated rings. The summed E-state index contributed by atoms with van der Waals surface area (Å²) >= 11 is 0. The minimum absolute atomic E-state index is 0.0957. The van der Waals surface area contributed by atoms with Crippen LogP contribution in [-0.2, 0) is 6.18 Å². The number of benzene rings is 1. The molecule has 18 heavy (non-hydrogen) atoms. The second-order valence-corrected chi connectivity index (χ2v) is 3.55. The Morgan fingerprint density at radius 2 is 2.06 bits per heavy atom. The van der Waals surface area contributed by atoms with Gasteiger partial charge in [0.1, 0.15) is 12.0 Å². The van der Waals surface area contributed by atoms with Crippen molar-refractivity contribution in [2.45, 2.75) is 25.7 Å². The molecular formula is C11H11F4N3. The topological polar surface area (TPSA) is 47.9 Å². The fourth-order valence-electron chi connectivity index (χ4n) is 1.35. The largest absolute Gasteiger partial charge is 0.419 e. The molecule has 0 aromatic heterocycles. The summed E-state index contributed by atoms with van der Waals surface area (Å²) in [6.45, 7) is 1.75. The Kier molecular flexibility index (Phi) is 4.37. The van der Waals surface area contributed by atoms with Crippen LogP contribution in [0.25, 0.3) is 0 Å². The molecule has 1 unspecified atom stereocenters. The van der Waals surface area contributed by atoms with E-state index in [1.807, 2.05) is 0 Å². The summed E-state index contributed by atoms with van der Waals surface area (Å²) in [6, 6.07) is 2.60. The van der Waals surface area contributed by atoms with Gasteiger partial charge in [-0.05, 0) is 24.6 Å². The van der Waals surface area contributed by atoms with Gasteiger partial charge in [0.2, 0.25) is 0 Å². The van der Waals surface area contributed by atoms with Crippen molar-refractivity contribution in [1.82, 2.24) is 5.32 Å². The first-order valence-corrected chi connectivity index (χ1v) is 5.16. The van der Waals surface area contributed by atoms with E-state index in [-0.39, 0.29) is 5.69 Å². The molecule has 0 amide bonds. The normalized spacial score (nSPS) is 12.7. The molecule has 3 nitrogen and oxygen atoms in total. The van der Waals surface area contributed by atoms with Crippen LogP contribution in [-0.4, -0.2) is 6.17 Å². The number of nitrogens with zero attached hydrogens (tertiary/aromatic N) is 1. The molecule has 0 aliphatic carbocycles. The van der Waals surface area contributed by atoms with Gasteiger partial charge in [-0.2, -0.15) is 18.4 Å². The lowest BCUT2D eigenvalue weighted by Crippen LogP contribution is -2.32. The Labute approximate surface area is 101 Å². The third-order valence-electron chi connectivity index (χ3n) is 2.26. The number of rotatable bonds is 4. The summed E-state index contributed by atoms with van der Waals surface area (Å²) in [7, 11) is 0. The van der Waals surface area contributed by atoms with Crippen molar-refractivity contribution in [2.75, 3.05) is 5.32 Å². The molecule has 0 saturated heterocycles. The predicted molar refractivity (Wildman–Crippen MR) is 57.9 cm³/mol. The Morgan fingerprint density at radius 3 is 2.56 bits per heavy atom. The van der Waals surface area contributed by atoms with Crippen LogP contribution in [0.3, 0.4) is 0 Å². The van der Waals surface area contributed by atoms with Crippen molar-refractivity contribution in [3.05, 3.63) is 29.6 Å². The van der Waals surface area contributed by atoms with E-state index in [0.29, 0.717) is 12.5 Å². The summed E-state index contributed by atoms with van der Waals surface area (Å²) in [4.78, 5) is 0. The van der Waals surface area contributed by atoms with Gasteiger partial charge in [0.25, 0.3) is 0 Å². The van der Waals surface area contributed by atoms with Crippen LogP contribution < -0.4 is 10.6 Å². The van der Waals surface area contributed by atoms with Gasteiger partial charge in [-0.15, -0.1) is 0 Å². The van der Waals surface area contributed by atoms with E-state index in [9.17, 15) is 17.6 Å². The zero-order valence-electron chi connectivity index (χ0n) is 9.48. The summed E-state index contributed by atoms with van der Waals surface area (Å²) < 4.78 is 50.4. The number of hydrogen-bond acceptors (Lipinski definition) is 3. The average Bonchev–Trinajstić information content (AvgIpc) is 2.29. The highest BCUT2D eigenvalue weighted by Crippen LogP contribution is 2.33. The number of alkyl halides is 3. The molecule has 0 aliphatic rings. The molecule has 1 aromatic rings. The van der Waals surface area contributed by atoms with E-state index in [1.165, 1.54) is 6.07 Å². The van der Waals surface area contributed by atoms with Crippen molar-refractivity contribution in [2.24, 2.45) is 0 Å². The number of nitriles is 1. The Balaban J connectivity index is 2.95. The fraction of sp³-hybridized carbons (Fsp3) is 0.364. The minimum atomic E-state index is -4.74. The van der Waals surface area contributed by atoms with E-state index in [1.54, 1.807) is 13.1 Å². The molecule has 0 aliphatic heterocycles. The van der Waals surface area contributed by atoms with Crippen molar-refractivity contribution in [3.8, 4) is 6.19 Å². The molecule has 2 N–H and O–H groups in total. The van der Waals surface area contributed by atoms with E-state index in [2.05, 4.69) is 10.6 Å². The smallest absolute Gasteiger partial charge is 0.365 e. The van der Waals surface area contributed by atoms with Gasteiger partial charge in [0.15, 0.2) is 6.19 Å². The fourth-order valence-corrected chi connectivity index (χ4v) is 1.35. The predicted octanol–water partition coefficient (Wildman–Crippen LogP) is 3.06. The average molecular weight is 261 g/mol. The lowest BCUT2D eigenvalue weighted by molar-refractivity contribution is -0.139. The minimum Gasteiger partial charge on any atom is -0.365 e. The van der Waals surface area contributed by atoms with E-state index in [4.69, 9.17) is 5.26 Å². The molecule has 0 saturated carbocycles. The summed E-state index contributed by atoms with van der Waals surface area (Å²) in [6.07, 6.45) is -3.08. The Morgan fingerprint density at radius 1 is 1.39 bits per heavy atom. The third-order valence-corrected chi connectivity index (χ3v) is 2.26. The third kappa shape index (κ3) is 3.52. The summed E-state index contributed by atoms with van der Waals surface area (Å²) in [5.41, 5.74) is -1.24. The number of halogens is 4. The zero-order valence-corrected chi connectivity index (χ0v) is 9.48. The molecule has 1 rings (SSSR count). The Bertz CT molecular complexity index is 451. The first-order valence-electron chi connectivity index (χ1n) is 5.16. The lowest BCUT2D eigenvalue weighted by atomic mass is 10.1. The number of hydrogen-bond donors (Lipinski definition) is 2. The maximum atomic E-state index is 13.0. The first kappa shape index (κ1) is 14.1. The second kappa shape index (κ2) is 5.58. The maximum Gasteiger partial charge on any atom is 0.419 e. The SMILES string of the molecule is CCC(NC#N)Nc1ccc(F)c(C(F)(F)F)c1. The van der Waals surface area contributed by atoms with E-state index < -0.39 is 23.7 Å². The maximum absolute atomic E-state index is 13.0. The second-order valence-electron chi connectivity index (χ2n) is 3.55. The van der Waals surface area contributed by atoms with Gasteiger partial charge < -0.3 is 10.6 Å². The molecule has 1 atom stereocenters. The highest BCUT2D eigenvalue weighted by atomic mass is 19.4. The van der Waals surface area contributed by atoms with E-state index in [0.717, 1.165) is 6.07 Å². The summed E-state index contributed by atoms with van der Waals surface area (Å²) in [5.74, 6) is -1.32. The van der Waals surface area contributed by atoms with Crippen LogP contribution >= 0.6 is 0 Å². The molecule has 0 heterocycles. The van der Waals surface area contributed by atoms with Crippen molar-refractivity contribution >= 4 is 5.69 Å². The highest BCUT2D eigenvalue weighted by Gasteiger charge is 2.34. The van der Waals surface area contributed by atoms with Crippen LogP contribution in [0.4, 0.5) is 23.2 Å². The molecule has 0 bridgehead atoms. The van der Waals surface area contributed by atoms with Gasteiger partial charge in [0, 0.05) is 5.69 Å². The van der Waals surface area contributed by atoms with Gasteiger partial charge in [-0.1, -0.05) is 6.92 Å².